The largest absolute Gasteiger partial charge is 0.618 e. The van der Waals surface area contributed by atoms with Gasteiger partial charge in [-0.05, 0) is 19.1 Å². The molecule has 0 bridgehead atoms. The molecule has 3 heteroatoms. The fourth-order valence-electron chi connectivity index (χ4n) is 2.29. The van der Waals surface area contributed by atoms with Crippen molar-refractivity contribution in [3.8, 4) is 0 Å². The Morgan fingerprint density at radius 3 is 2.04 bits per heavy atom. The van der Waals surface area contributed by atoms with Crippen LogP contribution in [0.5, 0.6) is 0 Å². The van der Waals surface area contributed by atoms with Crippen molar-refractivity contribution in [1.82, 2.24) is 0 Å². The molecule has 0 aliphatic rings. The lowest BCUT2D eigenvalue weighted by molar-refractivity contribution is -0.353. The fourth-order valence-corrected chi connectivity index (χ4v) is 2.29. The second-order valence-electron chi connectivity index (χ2n) is 5.49. The average Bonchev–Trinajstić information content (AvgIpc) is 2.63. The predicted molar refractivity (Wildman–Crippen MR) is 99.6 cm³/mol. The quantitative estimate of drug-likeness (QED) is 0.288. The van der Waals surface area contributed by atoms with Crippen molar-refractivity contribution in [3.63, 3.8) is 0 Å². The minimum Gasteiger partial charge on any atom is -0.618 e. The van der Waals surface area contributed by atoms with E-state index in [0.29, 0.717) is 11.4 Å². The molecule has 3 aromatic rings. The summed E-state index contributed by atoms with van der Waals surface area (Å²) >= 11 is 0. The van der Waals surface area contributed by atoms with Crippen LogP contribution in [-0.2, 0) is 0 Å². The highest BCUT2D eigenvalue weighted by atomic mass is 16.5. The number of hydrogen-bond acceptors (Lipinski definition) is 2. The average molecular weight is 314 g/mol. The van der Waals surface area contributed by atoms with Crippen LogP contribution >= 0.6 is 0 Å². The smallest absolute Gasteiger partial charge is 0.216 e. The summed E-state index contributed by atoms with van der Waals surface area (Å²) in [5.74, 6) is 0. The third-order valence-electron chi connectivity index (χ3n) is 3.60. The molecular weight excluding hydrogens is 296 g/mol. The van der Waals surface area contributed by atoms with Crippen molar-refractivity contribution in [2.75, 3.05) is 0 Å². The molecule has 3 rings (SSSR count). The Kier molecular flexibility index (Phi) is 4.82. The molecule has 0 radical (unpaired) electrons. The van der Waals surface area contributed by atoms with E-state index < -0.39 is 0 Å². The lowest BCUT2D eigenvalue weighted by Crippen LogP contribution is -2.10. The van der Waals surface area contributed by atoms with Crippen molar-refractivity contribution in [2.24, 2.45) is 4.99 Å². The van der Waals surface area contributed by atoms with Crippen molar-refractivity contribution in [1.29, 1.82) is 0 Å². The monoisotopic (exact) mass is 314 g/mol. The molecule has 0 aliphatic heterocycles. The van der Waals surface area contributed by atoms with Crippen LogP contribution in [0.25, 0.3) is 0 Å². The molecule has 0 saturated carbocycles. The highest BCUT2D eigenvalue weighted by molar-refractivity contribution is 6.37. The van der Waals surface area contributed by atoms with E-state index in [-0.39, 0.29) is 0 Å². The minimum atomic E-state index is 0.574. The van der Waals surface area contributed by atoms with E-state index in [9.17, 15) is 5.21 Å². The van der Waals surface area contributed by atoms with E-state index in [2.05, 4.69) is 4.99 Å². The molecule has 118 valence electrons. The first kappa shape index (κ1) is 15.7. The van der Waals surface area contributed by atoms with Gasteiger partial charge in [0, 0.05) is 17.7 Å². The highest BCUT2D eigenvalue weighted by Gasteiger charge is 2.08. The molecule has 3 nitrogen and oxygen atoms in total. The zero-order valence-electron chi connectivity index (χ0n) is 13.5. The summed E-state index contributed by atoms with van der Waals surface area (Å²) in [6, 6.07) is 26.7. The number of hydrogen-bond donors (Lipinski definition) is 0. The molecule has 3 aromatic carbocycles. The summed E-state index contributed by atoms with van der Waals surface area (Å²) in [6.07, 6.45) is 1.52. The molecule has 24 heavy (non-hydrogen) atoms. The van der Waals surface area contributed by atoms with Crippen LogP contribution in [0.3, 0.4) is 0 Å². The number of aliphatic imine (C=N–C) groups is 1. The van der Waals surface area contributed by atoms with Gasteiger partial charge in [0.05, 0.1) is 5.69 Å². The standard InChI is InChI=1S/C21H18N2O/c1-17-12-14-18(15-13-17)21(22-19-8-4-2-5-9-19)16-23(24)20-10-6-3-7-11-20/h2-16H,1H3/b22-21?,23-16-. The summed E-state index contributed by atoms with van der Waals surface area (Å²) < 4.78 is 0.849. The molecule has 0 atom stereocenters. The predicted octanol–water partition coefficient (Wildman–Crippen LogP) is 5.03. The van der Waals surface area contributed by atoms with Gasteiger partial charge in [0.25, 0.3) is 0 Å². The van der Waals surface area contributed by atoms with Gasteiger partial charge in [0.2, 0.25) is 11.9 Å². The van der Waals surface area contributed by atoms with Crippen LogP contribution in [0, 0.1) is 12.1 Å². The van der Waals surface area contributed by atoms with Gasteiger partial charge in [-0.2, -0.15) is 4.74 Å². The van der Waals surface area contributed by atoms with Crippen LogP contribution in [-0.4, -0.2) is 16.7 Å². The van der Waals surface area contributed by atoms with Crippen LogP contribution in [0.2, 0.25) is 0 Å². The van der Waals surface area contributed by atoms with Gasteiger partial charge in [-0.15, -0.1) is 0 Å². The summed E-state index contributed by atoms with van der Waals surface area (Å²) in [5.41, 5.74) is 4.08. The number of para-hydroxylation sites is 2. The topological polar surface area (TPSA) is 38.4 Å². The molecule has 0 unspecified atom stereocenters. The fraction of sp³-hybridized carbons (Fsp3) is 0.0476. The number of rotatable bonds is 4. The zero-order valence-corrected chi connectivity index (χ0v) is 13.5. The normalized spacial score (nSPS) is 12.2. The maximum Gasteiger partial charge on any atom is 0.216 e. The van der Waals surface area contributed by atoms with Gasteiger partial charge in [-0.25, -0.2) is 4.99 Å². The van der Waals surface area contributed by atoms with Gasteiger partial charge in [-0.1, -0.05) is 66.2 Å². The lowest BCUT2D eigenvalue weighted by Gasteiger charge is -2.06. The molecular formula is C21H18N2O. The second kappa shape index (κ2) is 7.38. The summed E-state index contributed by atoms with van der Waals surface area (Å²) in [4.78, 5) is 4.64. The maximum atomic E-state index is 12.5. The van der Waals surface area contributed by atoms with Gasteiger partial charge in [-0.3, -0.25) is 0 Å². The number of nitrogens with zero attached hydrogens (tertiary/aromatic N) is 2. The molecule has 0 saturated heterocycles. The maximum absolute atomic E-state index is 12.5. The Morgan fingerprint density at radius 1 is 0.833 bits per heavy atom. The van der Waals surface area contributed by atoms with Crippen molar-refractivity contribution >= 4 is 23.3 Å². The Labute approximate surface area is 141 Å². The Bertz CT molecular complexity index is 851. The summed E-state index contributed by atoms with van der Waals surface area (Å²) in [6.45, 7) is 2.03. The van der Waals surface area contributed by atoms with Crippen molar-refractivity contribution < 1.29 is 4.74 Å². The summed E-state index contributed by atoms with van der Waals surface area (Å²) in [5, 5.41) is 12.5. The minimum absolute atomic E-state index is 0.574. The summed E-state index contributed by atoms with van der Waals surface area (Å²) in [7, 11) is 0. The molecule has 0 spiro atoms. The van der Waals surface area contributed by atoms with Gasteiger partial charge >= 0.3 is 0 Å². The first-order chi connectivity index (χ1) is 11.7. The number of benzene rings is 3. The third-order valence-corrected chi connectivity index (χ3v) is 3.60. The van der Waals surface area contributed by atoms with E-state index in [4.69, 9.17) is 0 Å². The van der Waals surface area contributed by atoms with E-state index in [1.54, 1.807) is 12.1 Å². The molecule has 0 heterocycles. The van der Waals surface area contributed by atoms with E-state index in [1.807, 2.05) is 79.7 Å². The first-order valence-electron chi connectivity index (χ1n) is 7.79. The second-order valence-corrected chi connectivity index (χ2v) is 5.49. The Hall–Kier alpha value is -3.20. The highest BCUT2D eigenvalue weighted by Crippen LogP contribution is 2.15. The van der Waals surface area contributed by atoms with Crippen LogP contribution < -0.4 is 0 Å². The van der Waals surface area contributed by atoms with Crippen molar-refractivity contribution in [3.05, 3.63) is 101 Å². The lowest BCUT2D eigenvalue weighted by atomic mass is 10.1. The number of aryl methyl sites for hydroxylation is 1. The van der Waals surface area contributed by atoms with Crippen LogP contribution in [0.1, 0.15) is 11.1 Å². The molecule has 0 aliphatic carbocycles. The van der Waals surface area contributed by atoms with E-state index in [0.717, 1.165) is 16.0 Å². The Balaban J connectivity index is 2.05. The SMILES string of the molecule is Cc1ccc(C(/C=[N+](\[O-])c2ccccc2)=Nc2ccccc2)cc1. The van der Waals surface area contributed by atoms with Gasteiger partial charge < -0.3 is 5.21 Å². The van der Waals surface area contributed by atoms with E-state index >= 15 is 0 Å². The zero-order chi connectivity index (χ0) is 16.8. The molecule has 0 N–H and O–H groups in total. The molecule has 0 aromatic heterocycles. The van der Waals surface area contributed by atoms with Gasteiger partial charge in [0.15, 0.2) is 0 Å². The Morgan fingerprint density at radius 2 is 1.42 bits per heavy atom. The third kappa shape index (κ3) is 3.96. The van der Waals surface area contributed by atoms with E-state index in [1.165, 1.54) is 11.8 Å². The molecule has 0 amide bonds. The van der Waals surface area contributed by atoms with Crippen LogP contribution in [0.15, 0.2) is 89.9 Å². The van der Waals surface area contributed by atoms with Crippen LogP contribution in [0.4, 0.5) is 11.4 Å². The van der Waals surface area contributed by atoms with Gasteiger partial charge in [0.1, 0.15) is 5.71 Å². The van der Waals surface area contributed by atoms with Crippen molar-refractivity contribution in [2.45, 2.75) is 6.92 Å². The molecule has 0 fully saturated rings. The first-order valence-corrected chi connectivity index (χ1v) is 7.79.